The van der Waals surface area contributed by atoms with Crippen LogP contribution < -0.4 is 14.8 Å². The van der Waals surface area contributed by atoms with Gasteiger partial charge in [0.25, 0.3) is 0 Å². The number of hydrogen-bond acceptors (Lipinski definition) is 11. The van der Waals surface area contributed by atoms with Crippen LogP contribution in [0.15, 0.2) is 23.9 Å². The monoisotopic (exact) mass is 455 g/mol. The molecule has 1 rings (SSSR count). The maximum Gasteiger partial charge on any atom is 0.354 e. The topological polar surface area (TPSA) is 128 Å². The highest BCUT2D eigenvalue weighted by Gasteiger charge is 2.22. The standard InChI is InChI=1S/C21H29NO10/c1-6-30-20(24)14-11-17(31-9-7-26-2)18(32-10-8-27-3)12-15(14)22-16(21(25)29-5)13-19(23)28-4/h11-13,22H,6-10H2,1-5H3/b16-13+. The molecule has 0 atom stereocenters. The lowest BCUT2D eigenvalue weighted by molar-refractivity contribution is -0.138. The quantitative estimate of drug-likeness (QED) is 0.190. The van der Waals surface area contributed by atoms with Gasteiger partial charge in [-0.2, -0.15) is 0 Å². The third kappa shape index (κ3) is 8.44. The van der Waals surface area contributed by atoms with Gasteiger partial charge >= 0.3 is 17.9 Å². The third-order valence-corrected chi connectivity index (χ3v) is 3.81. The Hall–Kier alpha value is -3.31. The molecule has 0 aliphatic heterocycles. The predicted molar refractivity (Wildman–Crippen MR) is 113 cm³/mol. The van der Waals surface area contributed by atoms with Crippen LogP contribution in [0.2, 0.25) is 0 Å². The Morgan fingerprint density at radius 1 is 0.875 bits per heavy atom. The second-order valence-electron chi connectivity index (χ2n) is 5.95. The van der Waals surface area contributed by atoms with Gasteiger partial charge in [-0.3, -0.25) is 0 Å². The summed E-state index contributed by atoms with van der Waals surface area (Å²) in [5.74, 6) is -1.82. The molecule has 1 aromatic carbocycles. The van der Waals surface area contributed by atoms with E-state index in [1.807, 2.05) is 0 Å². The molecule has 0 fully saturated rings. The Labute approximate surface area is 186 Å². The van der Waals surface area contributed by atoms with Crippen LogP contribution in [-0.2, 0) is 33.3 Å². The van der Waals surface area contributed by atoms with E-state index in [1.165, 1.54) is 26.4 Å². The van der Waals surface area contributed by atoms with Gasteiger partial charge in [0.15, 0.2) is 11.5 Å². The fourth-order valence-corrected chi connectivity index (χ4v) is 2.31. The summed E-state index contributed by atoms with van der Waals surface area (Å²) in [4.78, 5) is 36.4. The smallest absolute Gasteiger partial charge is 0.354 e. The summed E-state index contributed by atoms with van der Waals surface area (Å²) in [5, 5.41) is 2.72. The summed E-state index contributed by atoms with van der Waals surface area (Å²) in [7, 11) is 5.36. The van der Waals surface area contributed by atoms with Gasteiger partial charge < -0.3 is 38.5 Å². The molecule has 0 heterocycles. The molecular formula is C21H29NO10. The SMILES string of the molecule is CCOC(=O)c1cc(OCCOC)c(OCCOC)cc1N/C(=C/C(=O)OC)C(=O)OC. The lowest BCUT2D eigenvalue weighted by atomic mass is 10.1. The highest BCUT2D eigenvalue weighted by Crippen LogP contribution is 2.35. The molecular weight excluding hydrogens is 426 g/mol. The second-order valence-corrected chi connectivity index (χ2v) is 5.95. The van der Waals surface area contributed by atoms with Crippen molar-refractivity contribution in [2.45, 2.75) is 6.92 Å². The first-order valence-corrected chi connectivity index (χ1v) is 9.65. The first-order valence-electron chi connectivity index (χ1n) is 9.65. The van der Waals surface area contributed by atoms with E-state index < -0.39 is 17.9 Å². The van der Waals surface area contributed by atoms with Crippen LogP contribution in [0, 0.1) is 0 Å². The summed E-state index contributed by atoms with van der Waals surface area (Å²) in [6.45, 7) is 2.77. The molecule has 1 aromatic rings. The first-order chi connectivity index (χ1) is 15.4. The van der Waals surface area contributed by atoms with Gasteiger partial charge in [0.1, 0.15) is 18.9 Å². The normalized spacial score (nSPS) is 10.8. The van der Waals surface area contributed by atoms with E-state index in [0.717, 1.165) is 20.3 Å². The van der Waals surface area contributed by atoms with E-state index in [1.54, 1.807) is 6.92 Å². The van der Waals surface area contributed by atoms with E-state index >= 15 is 0 Å². The second kappa shape index (κ2) is 14.7. The van der Waals surface area contributed by atoms with E-state index in [0.29, 0.717) is 13.2 Å². The van der Waals surface area contributed by atoms with Crippen molar-refractivity contribution >= 4 is 23.6 Å². The first kappa shape index (κ1) is 26.7. The lowest BCUT2D eigenvalue weighted by Gasteiger charge is -2.18. The van der Waals surface area contributed by atoms with Crippen LogP contribution in [-0.4, -0.2) is 79.4 Å². The molecule has 32 heavy (non-hydrogen) atoms. The summed E-state index contributed by atoms with van der Waals surface area (Å²) >= 11 is 0. The zero-order valence-electron chi connectivity index (χ0n) is 18.9. The molecule has 0 aliphatic rings. The largest absolute Gasteiger partial charge is 0.487 e. The molecule has 11 nitrogen and oxygen atoms in total. The number of anilines is 1. The molecule has 0 saturated heterocycles. The van der Waals surface area contributed by atoms with Crippen LogP contribution in [0.1, 0.15) is 17.3 Å². The highest BCUT2D eigenvalue weighted by molar-refractivity contribution is 6.02. The minimum absolute atomic E-state index is 0.0398. The van der Waals surface area contributed by atoms with E-state index in [4.69, 9.17) is 28.4 Å². The molecule has 178 valence electrons. The number of carbonyl (C=O) groups excluding carboxylic acids is 3. The van der Waals surface area contributed by atoms with Gasteiger partial charge in [-0.1, -0.05) is 0 Å². The van der Waals surface area contributed by atoms with Crippen LogP contribution in [0.5, 0.6) is 11.5 Å². The zero-order valence-corrected chi connectivity index (χ0v) is 18.9. The van der Waals surface area contributed by atoms with Crippen LogP contribution in [0.4, 0.5) is 5.69 Å². The summed E-state index contributed by atoms with van der Waals surface area (Å²) < 4.78 is 35.7. The summed E-state index contributed by atoms with van der Waals surface area (Å²) in [5.41, 5.74) is -0.102. The van der Waals surface area contributed by atoms with Crippen molar-refractivity contribution in [2.24, 2.45) is 0 Å². The minimum atomic E-state index is -0.854. The number of rotatable bonds is 14. The average Bonchev–Trinajstić information content (AvgIpc) is 2.79. The Balaban J connectivity index is 3.50. The summed E-state index contributed by atoms with van der Waals surface area (Å²) in [6, 6.07) is 2.85. The number of benzene rings is 1. The molecule has 0 saturated carbocycles. The molecule has 11 heteroatoms. The van der Waals surface area contributed by atoms with Crippen molar-refractivity contribution < 1.29 is 47.5 Å². The molecule has 0 aromatic heterocycles. The molecule has 0 radical (unpaired) electrons. The average molecular weight is 455 g/mol. The number of ether oxygens (including phenoxy) is 7. The van der Waals surface area contributed by atoms with Crippen molar-refractivity contribution in [3.8, 4) is 11.5 Å². The van der Waals surface area contributed by atoms with Crippen molar-refractivity contribution in [1.29, 1.82) is 0 Å². The van der Waals surface area contributed by atoms with Gasteiger partial charge in [0, 0.05) is 26.4 Å². The Morgan fingerprint density at radius 2 is 1.47 bits per heavy atom. The van der Waals surface area contributed by atoms with Crippen LogP contribution in [0.3, 0.4) is 0 Å². The van der Waals surface area contributed by atoms with Crippen molar-refractivity contribution in [3.05, 3.63) is 29.5 Å². The number of hydrogen-bond donors (Lipinski definition) is 1. The van der Waals surface area contributed by atoms with Crippen molar-refractivity contribution in [3.63, 3.8) is 0 Å². The van der Waals surface area contributed by atoms with Gasteiger partial charge in [-0.05, 0) is 6.92 Å². The lowest BCUT2D eigenvalue weighted by Crippen LogP contribution is -2.18. The molecule has 0 aliphatic carbocycles. The molecule has 0 spiro atoms. The zero-order chi connectivity index (χ0) is 23.9. The van der Waals surface area contributed by atoms with Crippen LogP contribution >= 0.6 is 0 Å². The Bertz CT molecular complexity index is 806. The fraction of sp³-hybridized carbons (Fsp3) is 0.476. The molecule has 1 N–H and O–H groups in total. The number of esters is 3. The minimum Gasteiger partial charge on any atom is -0.487 e. The van der Waals surface area contributed by atoms with E-state index in [9.17, 15) is 14.4 Å². The van der Waals surface area contributed by atoms with Crippen molar-refractivity contribution in [2.75, 3.05) is 66.8 Å². The van der Waals surface area contributed by atoms with Gasteiger partial charge in [0.2, 0.25) is 0 Å². The summed E-state index contributed by atoms with van der Waals surface area (Å²) in [6.07, 6.45) is 0.898. The van der Waals surface area contributed by atoms with Crippen LogP contribution in [0.25, 0.3) is 0 Å². The highest BCUT2D eigenvalue weighted by atomic mass is 16.6. The molecule has 0 bridgehead atoms. The number of nitrogens with one attached hydrogen (secondary N) is 1. The number of methoxy groups -OCH3 is 4. The maximum atomic E-state index is 12.6. The fourth-order valence-electron chi connectivity index (χ4n) is 2.31. The molecule has 0 amide bonds. The van der Waals surface area contributed by atoms with Gasteiger partial charge in [-0.15, -0.1) is 0 Å². The predicted octanol–water partition coefficient (Wildman–Crippen LogP) is 1.56. The third-order valence-electron chi connectivity index (χ3n) is 3.81. The van der Waals surface area contributed by atoms with Gasteiger partial charge in [-0.25, -0.2) is 14.4 Å². The van der Waals surface area contributed by atoms with Gasteiger partial charge in [0.05, 0.1) is 51.4 Å². The van der Waals surface area contributed by atoms with Crippen molar-refractivity contribution in [1.82, 2.24) is 0 Å². The Morgan fingerprint density at radius 3 is 1.97 bits per heavy atom. The molecule has 0 unspecified atom stereocenters. The van der Waals surface area contributed by atoms with E-state index in [2.05, 4.69) is 10.1 Å². The Kier molecular flexibility index (Phi) is 12.2. The van der Waals surface area contributed by atoms with E-state index in [-0.39, 0.29) is 48.3 Å². The maximum absolute atomic E-state index is 12.6. The number of carbonyl (C=O) groups is 3.